The first-order chi connectivity index (χ1) is 8.65. The first-order valence-corrected chi connectivity index (χ1v) is 5.80. The zero-order valence-electron chi connectivity index (χ0n) is 10.1. The van der Waals surface area contributed by atoms with Crippen LogP contribution in [-0.4, -0.2) is 22.2 Å². The van der Waals surface area contributed by atoms with Crippen LogP contribution in [0.4, 0.5) is 0 Å². The Morgan fingerprint density at radius 3 is 2.83 bits per heavy atom. The van der Waals surface area contributed by atoms with Crippen molar-refractivity contribution < 1.29 is 9.84 Å². The molecule has 0 aliphatic heterocycles. The monoisotopic (exact) mass is 264 g/mol. The van der Waals surface area contributed by atoms with Crippen LogP contribution in [0.25, 0.3) is 11.3 Å². The van der Waals surface area contributed by atoms with Crippen LogP contribution in [0.15, 0.2) is 24.4 Å². The highest BCUT2D eigenvalue weighted by Crippen LogP contribution is 2.33. The van der Waals surface area contributed by atoms with E-state index >= 15 is 0 Å². The van der Waals surface area contributed by atoms with Gasteiger partial charge in [0.2, 0.25) is 0 Å². The summed E-state index contributed by atoms with van der Waals surface area (Å²) in [7, 11) is 1.60. The van der Waals surface area contributed by atoms with E-state index in [1.165, 1.54) is 0 Å². The van der Waals surface area contributed by atoms with Crippen LogP contribution < -0.4 is 4.74 Å². The summed E-state index contributed by atoms with van der Waals surface area (Å²) in [5.74, 6) is 1.06. The van der Waals surface area contributed by atoms with Crippen LogP contribution in [0.3, 0.4) is 0 Å². The molecular weight excluding hydrogens is 252 g/mol. The summed E-state index contributed by atoms with van der Waals surface area (Å²) in [5, 5.41) is 9.70. The predicted molar refractivity (Wildman–Crippen MR) is 69.7 cm³/mol. The molecular formula is C13H13ClN2O2. The van der Waals surface area contributed by atoms with Gasteiger partial charge in [-0.15, -0.1) is 0 Å². The normalized spacial score (nSPS) is 10.4. The van der Waals surface area contributed by atoms with Crippen molar-refractivity contribution >= 4 is 11.6 Å². The van der Waals surface area contributed by atoms with E-state index in [2.05, 4.69) is 9.97 Å². The molecule has 0 saturated carbocycles. The average Bonchev–Trinajstić information content (AvgIpc) is 2.41. The minimum Gasteiger partial charge on any atom is -0.496 e. The second kappa shape index (κ2) is 5.33. The molecule has 0 fully saturated rings. The molecule has 0 aliphatic carbocycles. The standard InChI is InChI=1S/C13H13ClN2O2/c1-8-5-12(18-2)9(6-10(8)14)11-3-4-15-13(7-17)16-11/h3-6,17H,7H2,1-2H3. The van der Waals surface area contributed by atoms with E-state index in [4.69, 9.17) is 21.4 Å². The SMILES string of the molecule is COc1cc(C)c(Cl)cc1-c1ccnc(CO)n1. The quantitative estimate of drug-likeness (QED) is 0.926. The number of ether oxygens (including phenoxy) is 1. The number of nitrogens with zero attached hydrogens (tertiary/aromatic N) is 2. The van der Waals surface area contributed by atoms with Crippen molar-refractivity contribution in [2.75, 3.05) is 7.11 Å². The molecule has 0 atom stereocenters. The highest BCUT2D eigenvalue weighted by molar-refractivity contribution is 6.31. The Hall–Kier alpha value is -1.65. The van der Waals surface area contributed by atoms with Crippen molar-refractivity contribution in [2.45, 2.75) is 13.5 Å². The first-order valence-electron chi connectivity index (χ1n) is 5.43. The summed E-state index contributed by atoms with van der Waals surface area (Å²) in [6, 6.07) is 5.42. The fourth-order valence-corrected chi connectivity index (χ4v) is 1.81. The molecule has 1 N–H and O–H groups in total. The zero-order chi connectivity index (χ0) is 13.1. The molecule has 0 amide bonds. The van der Waals surface area contributed by atoms with Crippen molar-refractivity contribution in [1.29, 1.82) is 0 Å². The Kier molecular flexibility index (Phi) is 3.79. The topological polar surface area (TPSA) is 55.2 Å². The molecule has 5 heteroatoms. The molecule has 4 nitrogen and oxygen atoms in total. The molecule has 2 aromatic rings. The number of rotatable bonds is 3. The lowest BCUT2D eigenvalue weighted by Gasteiger charge is -2.10. The minimum atomic E-state index is -0.199. The molecule has 0 unspecified atom stereocenters. The Bertz CT molecular complexity index is 573. The zero-order valence-corrected chi connectivity index (χ0v) is 10.9. The smallest absolute Gasteiger partial charge is 0.154 e. The molecule has 1 aromatic heterocycles. The molecule has 0 saturated heterocycles. The van der Waals surface area contributed by atoms with Gasteiger partial charge in [0, 0.05) is 16.8 Å². The van der Waals surface area contributed by atoms with Crippen LogP contribution >= 0.6 is 11.6 Å². The first kappa shape index (κ1) is 12.8. The second-order valence-electron chi connectivity index (χ2n) is 3.82. The highest BCUT2D eigenvalue weighted by Gasteiger charge is 2.11. The number of halogens is 1. The van der Waals surface area contributed by atoms with Crippen molar-refractivity contribution in [2.24, 2.45) is 0 Å². The molecule has 0 spiro atoms. The Morgan fingerprint density at radius 2 is 2.17 bits per heavy atom. The number of aliphatic hydroxyl groups excluding tert-OH is 1. The number of hydrogen-bond donors (Lipinski definition) is 1. The molecule has 0 bridgehead atoms. The lowest BCUT2D eigenvalue weighted by molar-refractivity contribution is 0.271. The number of aromatic nitrogens is 2. The number of aliphatic hydroxyl groups is 1. The molecule has 1 heterocycles. The molecule has 2 rings (SSSR count). The van der Waals surface area contributed by atoms with Crippen LogP contribution in [0.1, 0.15) is 11.4 Å². The van der Waals surface area contributed by atoms with Gasteiger partial charge in [-0.2, -0.15) is 0 Å². The number of benzene rings is 1. The fourth-order valence-electron chi connectivity index (χ4n) is 1.65. The van der Waals surface area contributed by atoms with E-state index in [0.717, 1.165) is 11.1 Å². The predicted octanol–water partition coefficient (Wildman–Crippen LogP) is 2.61. The van der Waals surface area contributed by atoms with Gasteiger partial charge in [0.1, 0.15) is 12.4 Å². The van der Waals surface area contributed by atoms with Crippen molar-refractivity contribution in [3.8, 4) is 17.0 Å². The maximum Gasteiger partial charge on any atom is 0.154 e. The van der Waals surface area contributed by atoms with Crippen LogP contribution in [-0.2, 0) is 6.61 Å². The summed E-state index contributed by atoms with van der Waals surface area (Å²) < 4.78 is 5.33. The Morgan fingerprint density at radius 1 is 1.39 bits per heavy atom. The third-order valence-electron chi connectivity index (χ3n) is 2.60. The third kappa shape index (κ3) is 2.44. The maximum absolute atomic E-state index is 9.05. The molecule has 0 aliphatic rings. The molecule has 0 radical (unpaired) electrons. The van der Waals surface area contributed by atoms with E-state index < -0.39 is 0 Å². The van der Waals surface area contributed by atoms with Crippen LogP contribution in [0.2, 0.25) is 5.02 Å². The van der Waals surface area contributed by atoms with Gasteiger partial charge < -0.3 is 9.84 Å². The summed E-state index contributed by atoms with van der Waals surface area (Å²) in [6.45, 7) is 1.71. The van der Waals surface area contributed by atoms with Crippen molar-refractivity contribution in [3.05, 3.63) is 40.8 Å². The van der Waals surface area contributed by atoms with Gasteiger partial charge in [0.05, 0.1) is 12.8 Å². The minimum absolute atomic E-state index is 0.199. The summed E-state index contributed by atoms with van der Waals surface area (Å²) in [6.07, 6.45) is 1.60. The second-order valence-corrected chi connectivity index (χ2v) is 4.23. The van der Waals surface area contributed by atoms with Gasteiger partial charge >= 0.3 is 0 Å². The van der Waals surface area contributed by atoms with Gasteiger partial charge in [-0.3, -0.25) is 0 Å². The summed E-state index contributed by atoms with van der Waals surface area (Å²) >= 11 is 6.12. The molecule has 18 heavy (non-hydrogen) atoms. The van der Waals surface area contributed by atoms with Gasteiger partial charge in [-0.1, -0.05) is 11.6 Å². The van der Waals surface area contributed by atoms with Gasteiger partial charge in [0.15, 0.2) is 5.82 Å². The van der Waals surface area contributed by atoms with Crippen molar-refractivity contribution in [1.82, 2.24) is 9.97 Å². The lowest BCUT2D eigenvalue weighted by Crippen LogP contribution is -1.97. The highest BCUT2D eigenvalue weighted by atomic mass is 35.5. The fraction of sp³-hybridized carbons (Fsp3) is 0.231. The van der Waals surface area contributed by atoms with Crippen molar-refractivity contribution in [3.63, 3.8) is 0 Å². The third-order valence-corrected chi connectivity index (χ3v) is 3.01. The summed E-state index contributed by atoms with van der Waals surface area (Å²) in [5.41, 5.74) is 2.40. The maximum atomic E-state index is 9.05. The average molecular weight is 265 g/mol. The van der Waals surface area contributed by atoms with E-state index in [9.17, 15) is 0 Å². The number of methoxy groups -OCH3 is 1. The van der Waals surface area contributed by atoms with E-state index in [0.29, 0.717) is 22.3 Å². The Labute approximate surface area is 110 Å². The van der Waals surface area contributed by atoms with E-state index in [1.54, 1.807) is 25.4 Å². The Balaban J connectivity index is 2.58. The largest absolute Gasteiger partial charge is 0.496 e. The number of aryl methyl sites for hydroxylation is 1. The molecule has 1 aromatic carbocycles. The molecule has 94 valence electrons. The van der Waals surface area contributed by atoms with Gasteiger partial charge in [-0.25, -0.2) is 9.97 Å². The van der Waals surface area contributed by atoms with Crippen LogP contribution in [0.5, 0.6) is 5.75 Å². The van der Waals surface area contributed by atoms with E-state index in [1.807, 2.05) is 13.0 Å². The van der Waals surface area contributed by atoms with Gasteiger partial charge in [0.25, 0.3) is 0 Å². The van der Waals surface area contributed by atoms with E-state index in [-0.39, 0.29) is 6.61 Å². The number of hydrogen-bond acceptors (Lipinski definition) is 4. The van der Waals surface area contributed by atoms with Gasteiger partial charge in [-0.05, 0) is 30.7 Å². The summed E-state index contributed by atoms with van der Waals surface area (Å²) in [4.78, 5) is 8.19. The van der Waals surface area contributed by atoms with Crippen LogP contribution in [0, 0.1) is 6.92 Å². The lowest BCUT2D eigenvalue weighted by atomic mass is 10.1.